The Kier molecular flexibility index (Phi) is 5.57. The lowest BCUT2D eigenvalue weighted by Gasteiger charge is -2.22. The first-order valence-corrected chi connectivity index (χ1v) is 7.74. The molecule has 0 bridgehead atoms. The number of nitrogens with zero attached hydrogens (tertiary/aromatic N) is 2. The average Bonchev–Trinajstić information content (AvgIpc) is 2.57. The molecule has 0 saturated heterocycles. The Balaban J connectivity index is 1.93. The highest BCUT2D eigenvalue weighted by molar-refractivity contribution is 5.84. The van der Waals surface area contributed by atoms with Crippen LogP contribution >= 0.6 is 0 Å². The summed E-state index contributed by atoms with van der Waals surface area (Å²) in [5, 5.41) is 12.7. The Morgan fingerprint density at radius 2 is 2.04 bits per heavy atom. The third-order valence-corrected chi connectivity index (χ3v) is 3.76. The lowest BCUT2D eigenvalue weighted by Crippen LogP contribution is -2.40. The highest BCUT2D eigenvalue weighted by Gasteiger charge is 2.17. The molecule has 2 rings (SSSR count). The van der Waals surface area contributed by atoms with Crippen LogP contribution in [0.2, 0.25) is 0 Å². The zero-order chi connectivity index (χ0) is 17.7. The van der Waals surface area contributed by atoms with Crippen molar-refractivity contribution in [2.45, 2.75) is 26.3 Å². The van der Waals surface area contributed by atoms with Gasteiger partial charge in [-0.1, -0.05) is 18.2 Å². The molecule has 3 N–H and O–H groups in total. The van der Waals surface area contributed by atoms with Crippen molar-refractivity contribution < 1.29 is 9.90 Å². The summed E-state index contributed by atoms with van der Waals surface area (Å²) < 4.78 is 0. The third-order valence-electron chi connectivity index (χ3n) is 3.76. The number of rotatable bonds is 6. The molecule has 0 aliphatic heterocycles. The molecular formula is C17H22N4O3. The van der Waals surface area contributed by atoms with Gasteiger partial charge in [0, 0.05) is 25.7 Å². The van der Waals surface area contributed by atoms with E-state index >= 15 is 0 Å². The van der Waals surface area contributed by atoms with Gasteiger partial charge in [0.2, 0.25) is 11.8 Å². The molecule has 0 spiro atoms. The van der Waals surface area contributed by atoms with Gasteiger partial charge in [-0.05, 0) is 26.0 Å². The number of hydrogen-bond acceptors (Lipinski definition) is 5. The largest absolute Gasteiger partial charge is 0.493 e. The SMILES string of the molecule is Cc1c(O)nc(CCN(C)C(=O)C(C)Nc2ccccc2)[nH]c1=O. The number of para-hydroxylation sites is 1. The van der Waals surface area contributed by atoms with Gasteiger partial charge in [-0.25, -0.2) is 4.98 Å². The smallest absolute Gasteiger partial charge is 0.257 e. The fraction of sp³-hybridized carbons (Fsp3) is 0.353. The van der Waals surface area contributed by atoms with Gasteiger partial charge in [-0.2, -0.15) is 0 Å². The van der Waals surface area contributed by atoms with Crippen molar-refractivity contribution in [3.8, 4) is 5.88 Å². The van der Waals surface area contributed by atoms with Crippen LogP contribution in [0.25, 0.3) is 0 Å². The van der Waals surface area contributed by atoms with E-state index in [1.165, 1.54) is 6.92 Å². The molecule has 1 atom stereocenters. The van der Waals surface area contributed by atoms with E-state index in [1.54, 1.807) is 18.9 Å². The number of aromatic amines is 1. The lowest BCUT2D eigenvalue weighted by atomic mass is 10.2. The second-order valence-electron chi connectivity index (χ2n) is 5.70. The number of anilines is 1. The van der Waals surface area contributed by atoms with Crippen LogP contribution in [0, 0.1) is 6.92 Å². The Hall–Kier alpha value is -2.83. The first-order valence-electron chi connectivity index (χ1n) is 7.74. The fourth-order valence-electron chi connectivity index (χ4n) is 2.24. The Labute approximate surface area is 140 Å². The van der Waals surface area contributed by atoms with Crippen molar-refractivity contribution in [2.24, 2.45) is 0 Å². The van der Waals surface area contributed by atoms with Crippen LogP contribution in [0.3, 0.4) is 0 Å². The third kappa shape index (κ3) is 4.34. The van der Waals surface area contributed by atoms with Gasteiger partial charge >= 0.3 is 0 Å². The summed E-state index contributed by atoms with van der Waals surface area (Å²) in [4.78, 5) is 32.1. The predicted octanol–water partition coefficient (Wildman–Crippen LogP) is 1.29. The van der Waals surface area contributed by atoms with E-state index in [1.807, 2.05) is 30.3 Å². The number of likely N-dealkylation sites (N-methyl/N-ethyl adjacent to an activating group) is 1. The van der Waals surface area contributed by atoms with E-state index in [0.29, 0.717) is 18.8 Å². The van der Waals surface area contributed by atoms with Gasteiger partial charge in [0.25, 0.3) is 5.56 Å². The lowest BCUT2D eigenvalue weighted by molar-refractivity contribution is -0.130. The molecule has 7 heteroatoms. The molecule has 1 aromatic heterocycles. The Bertz CT molecular complexity index is 758. The number of nitrogens with one attached hydrogen (secondary N) is 2. The van der Waals surface area contributed by atoms with Crippen molar-refractivity contribution >= 4 is 11.6 Å². The molecule has 1 aromatic carbocycles. The van der Waals surface area contributed by atoms with Crippen molar-refractivity contribution in [1.29, 1.82) is 0 Å². The molecule has 0 aliphatic rings. The molecule has 7 nitrogen and oxygen atoms in total. The van der Waals surface area contributed by atoms with E-state index in [9.17, 15) is 14.7 Å². The minimum absolute atomic E-state index is 0.0717. The second-order valence-corrected chi connectivity index (χ2v) is 5.70. The second kappa shape index (κ2) is 7.63. The van der Waals surface area contributed by atoms with Crippen LogP contribution in [-0.2, 0) is 11.2 Å². The van der Waals surface area contributed by atoms with E-state index in [4.69, 9.17) is 0 Å². The summed E-state index contributed by atoms with van der Waals surface area (Å²) in [6, 6.07) is 9.12. The number of hydrogen-bond donors (Lipinski definition) is 3. The summed E-state index contributed by atoms with van der Waals surface area (Å²) >= 11 is 0. The maximum atomic E-state index is 12.4. The van der Waals surface area contributed by atoms with Gasteiger partial charge in [0.05, 0.1) is 5.56 Å². The zero-order valence-corrected chi connectivity index (χ0v) is 14.0. The zero-order valence-electron chi connectivity index (χ0n) is 14.0. The van der Waals surface area contributed by atoms with Crippen LogP contribution in [0.4, 0.5) is 5.69 Å². The maximum absolute atomic E-state index is 12.4. The van der Waals surface area contributed by atoms with Crippen LogP contribution < -0.4 is 10.9 Å². The molecule has 0 radical (unpaired) electrons. The molecule has 128 valence electrons. The quantitative estimate of drug-likeness (QED) is 0.741. The number of benzene rings is 1. The molecule has 1 heterocycles. The highest BCUT2D eigenvalue weighted by Crippen LogP contribution is 2.09. The number of amides is 1. The molecule has 2 aromatic rings. The summed E-state index contributed by atoms with van der Waals surface area (Å²) in [6.07, 6.45) is 0.351. The Morgan fingerprint density at radius 1 is 1.38 bits per heavy atom. The van der Waals surface area contributed by atoms with Crippen molar-refractivity contribution in [1.82, 2.24) is 14.9 Å². The summed E-state index contributed by atoms with van der Waals surface area (Å²) in [5.41, 5.74) is 0.690. The Morgan fingerprint density at radius 3 is 2.67 bits per heavy atom. The molecule has 1 amide bonds. The average molecular weight is 330 g/mol. The van der Waals surface area contributed by atoms with Crippen LogP contribution in [0.1, 0.15) is 18.3 Å². The molecule has 24 heavy (non-hydrogen) atoms. The minimum Gasteiger partial charge on any atom is -0.493 e. The van der Waals surface area contributed by atoms with Gasteiger partial charge in [0.1, 0.15) is 11.9 Å². The molecule has 0 fully saturated rings. The maximum Gasteiger partial charge on any atom is 0.257 e. The molecular weight excluding hydrogens is 308 g/mol. The van der Waals surface area contributed by atoms with Gasteiger partial charge in [0.15, 0.2) is 0 Å². The normalized spacial score (nSPS) is 11.8. The molecule has 1 unspecified atom stereocenters. The number of aromatic hydroxyl groups is 1. The number of H-pyrrole nitrogens is 1. The summed E-state index contributed by atoms with van der Waals surface area (Å²) in [5.74, 6) is 0.00537. The number of aromatic nitrogens is 2. The number of carbonyl (C=O) groups excluding carboxylic acids is 1. The monoisotopic (exact) mass is 330 g/mol. The van der Waals surface area contributed by atoms with Crippen molar-refractivity contribution in [3.05, 3.63) is 52.1 Å². The highest BCUT2D eigenvalue weighted by atomic mass is 16.3. The van der Waals surface area contributed by atoms with E-state index < -0.39 is 0 Å². The standard InChI is InChI=1S/C17H22N4O3/c1-11-15(22)19-14(20-16(11)23)9-10-21(3)17(24)12(2)18-13-7-5-4-6-8-13/h4-8,12,18H,9-10H2,1-3H3,(H2,19,20,22,23). The number of carbonyl (C=O) groups is 1. The first-order chi connectivity index (χ1) is 11.4. The molecule has 0 aliphatic carbocycles. The molecule has 0 saturated carbocycles. The van der Waals surface area contributed by atoms with E-state index in [2.05, 4.69) is 15.3 Å². The minimum atomic E-state index is -0.379. The van der Waals surface area contributed by atoms with Crippen LogP contribution in [0.5, 0.6) is 5.88 Å². The van der Waals surface area contributed by atoms with Crippen LogP contribution in [0.15, 0.2) is 35.1 Å². The van der Waals surface area contributed by atoms with Crippen molar-refractivity contribution in [2.75, 3.05) is 18.9 Å². The van der Waals surface area contributed by atoms with Gasteiger partial charge in [-0.15, -0.1) is 0 Å². The van der Waals surface area contributed by atoms with E-state index in [-0.39, 0.29) is 29.0 Å². The fourth-order valence-corrected chi connectivity index (χ4v) is 2.24. The van der Waals surface area contributed by atoms with Gasteiger partial charge in [-0.3, -0.25) is 9.59 Å². The summed E-state index contributed by atoms with van der Waals surface area (Å²) in [6.45, 7) is 3.67. The van der Waals surface area contributed by atoms with E-state index in [0.717, 1.165) is 5.69 Å². The topological polar surface area (TPSA) is 98.3 Å². The summed E-state index contributed by atoms with van der Waals surface area (Å²) in [7, 11) is 1.69. The first kappa shape index (κ1) is 17.5. The van der Waals surface area contributed by atoms with Gasteiger partial charge < -0.3 is 20.3 Å². The predicted molar refractivity (Wildman–Crippen MR) is 92.1 cm³/mol. The van der Waals surface area contributed by atoms with Crippen molar-refractivity contribution in [3.63, 3.8) is 0 Å². The van der Waals surface area contributed by atoms with Crippen LogP contribution in [-0.4, -0.2) is 45.5 Å².